The molecule has 0 unspecified atom stereocenters. The zero-order valence-corrected chi connectivity index (χ0v) is 14.7. The third kappa shape index (κ3) is 3.06. The number of amides is 1. The van der Waals surface area contributed by atoms with Crippen molar-refractivity contribution in [1.29, 1.82) is 0 Å². The Hall–Kier alpha value is -2.22. The summed E-state index contributed by atoms with van der Waals surface area (Å²) in [4.78, 5) is 12.4. The quantitative estimate of drug-likeness (QED) is 0.897. The van der Waals surface area contributed by atoms with Crippen LogP contribution in [0, 0.1) is 20.8 Å². The molecule has 3 rings (SSSR count). The molecule has 2 aromatic rings. The summed E-state index contributed by atoms with van der Waals surface area (Å²) in [6.07, 6.45) is 0.443. The maximum absolute atomic E-state index is 12.4. The fourth-order valence-electron chi connectivity index (χ4n) is 3.05. The van der Waals surface area contributed by atoms with E-state index in [9.17, 15) is 13.2 Å². The van der Waals surface area contributed by atoms with Crippen LogP contribution in [0.1, 0.15) is 33.7 Å². The van der Waals surface area contributed by atoms with E-state index in [2.05, 4.69) is 15.6 Å². The van der Waals surface area contributed by atoms with Gasteiger partial charge in [0, 0.05) is 6.04 Å². The summed E-state index contributed by atoms with van der Waals surface area (Å²) in [6.45, 7) is 5.74. The summed E-state index contributed by atoms with van der Waals surface area (Å²) in [5.74, 6) is -0.276. The Morgan fingerprint density at radius 3 is 2.50 bits per heavy atom. The lowest BCUT2D eigenvalue weighted by molar-refractivity contribution is 0.0935. The van der Waals surface area contributed by atoms with Gasteiger partial charge in [-0.1, -0.05) is 23.4 Å². The standard InChI is InChI=1S/C16H20N4O3S/c1-10-5-4-6-11(2)15(10)20-12(3)14(18-19-20)16(21)17-13-7-8-24(22,23)9-13/h4-6,13H,7-9H2,1-3H3,(H,17,21)/t13-/m1/s1. The lowest BCUT2D eigenvalue weighted by Crippen LogP contribution is -2.36. The molecule has 24 heavy (non-hydrogen) atoms. The minimum atomic E-state index is -3.04. The molecule has 1 fully saturated rings. The van der Waals surface area contributed by atoms with Gasteiger partial charge < -0.3 is 5.32 Å². The zero-order chi connectivity index (χ0) is 17.5. The van der Waals surface area contributed by atoms with Crippen molar-refractivity contribution in [2.24, 2.45) is 0 Å². The van der Waals surface area contributed by atoms with Crippen LogP contribution < -0.4 is 5.32 Å². The summed E-state index contributed by atoms with van der Waals surface area (Å²) in [7, 11) is -3.04. The van der Waals surface area contributed by atoms with E-state index in [1.807, 2.05) is 32.0 Å². The van der Waals surface area contributed by atoms with Gasteiger partial charge in [0.1, 0.15) is 0 Å². The van der Waals surface area contributed by atoms with E-state index in [-0.39, 0.29) is 29.1 Å². The first kappa shape index (κ1) is 16.6. The van der Waals surface area contributed by atoms with Crippen LogP contribution in [0.2, 0.25) is 0 Å². The molecule has 8 heteroatoms. The largest absolute Gasteiger partial charge is 0.347 e. The highest BCUT2D eigenvalue weighted by Gasteiger charge is 2.30. The van der Waals surface area contributed by atoms with Gasteiger partial charge in [-0.05, 0) is 38.3 Å². The molecule has 1 amide bonds. The lowest BCUT2D eigenvalue weighted by Gasteiger charge is -2.11. The highest BCUT2D eigenvalue weighted by molar-refractivity contribution is 7.91. The molecule has 1 aliphatic rings. The first-order valence-electron chi connectivity index (χ1n) is 7.78. The molecule has 7 nitrogen and oxygen atoms in total. The van der Waals surface area contributed by atoms with Crippen molar-refractivity contribution < 1.29 is 13.2 Å². The van der Waals surface area contributed by atoms with Gasteiger partial charge in [0.05, 0.1) is 22.9 Å². The summed E-state index contributed by atoms with van der Waals surface area (Å²) < 4.78 is 24.7. The third-order valence-corrected chi connectivity index (χ3v) is 6.10. The predicted octanol–water partition coefficient (Wildman–Crippen LogP) is 1.11. The van der Waals surface area contributed by atoms with Crippen molar-refractivity contribution in [3.05, 3.63) is 40.7 Å². The number of nitrogens with one attached hydrogen (secondary N) is 1. The van der Waals surface area contributed by atoms with E-state index in [4.69, 9.17) is 0 Å². The van der Waals surface area contributed by atoms with E-state index in [1.165, 1.54) is 0 Å². The van der Waals surface area contributed by atoms with Crippen LogP contribution in [0.4, 0.5) is 0 Å². The number of carbonyl (C=O) groups excluding carboxylic acids is 1. The normalized spacial score (nSPS) is 19.4. The van der Waals surface area contributed by atoms with E-state index in [0.29, 0.717) is 12.1 Å². The highest BCUT2D eigenvalue weighted by atomic mass is 32.2. The van der Waals surface area contributed by atoms with Gasteiger partial charge in [0.2, 0.25) is 0 Å². The van der Waals surface area contributed by atoms with E-state index >= 15 is 0 Å². The number of carbonyl (C=O) groups is 1. The van der Waals surface area contributed by atoms with E-state index in [1.54, 1.807) is 11.6 Å². The Morgan fingerprint density at radius 1 is 1.25 bits per heavy atom. The molecule has 0 radical (unpaired) electrons. The lowest BCUT2D eigenvalue weighted by atomic mass is 10.1. The second kappa shape index (κ2) is 6.01. The minimum absolute atomic E-state index is 0.0111. The van der Waals surface area contributed by atoms with Gasteiger partial charge >= 0.3 is 0 Å². The maximum Gasteiger partial charge on any atom is 0.274 e. The molecule has 1 atom stereocenters. The second-order valence-electron chi connectivity index (χ2n) is 6.25. The van der Waals surface area contributed by atoms with Crippen LogP contribution in [0.5, 0.6) is 0 Å². The summed E-state index contributed by atoms with van der Waals surface area (Å²) in [6, 6.07) is 5.57. The van der Waals surface area contributed by atoms with Crippen LogP contribution in [0.25, 0.3) is 5.69 Å². The van der Waals surface area contributed by atoms with Crippen molar-refractivity contribution in [2.75, 3.05) is 11.5 Å². The van der Waals surface area contributed by atoms with Crippen molar-refractivity contribution in [1.82, 2.24) is 20.3 Å². The monoisotopic (exact) mass is 348 g/mol. The average Bonchev–Trinajstić information content (AvgIpc) is 3.02. The fourth-order valence-corrected chi connectivity index (χ4v) is 4.73. The first-order valence-corrected chi connectivity index (χ1v) is 9.61. The van der Waals surface area contributed by atoms with Crippen LogP contribution in [0.15, 0.2) is 18.2 Å². The fraction of sp³-hybridized carbons (Fsp3) is 0.438. The molecule has 2 heterocycles. The molecule has 1 aliphatic heterocycles. The van der Waals surface area contributed by atoms with Crippen molar-refractivity contribution in [2.45, 2.75) is 33.2 Å². The SMILES string of the molecule is Cc1cccc(C)c1-n1nnc(C(=O)N[C@@H]2CCS(=O)(=O)C2)c1C. The predicted molar refractivity (Wildman–Crippen MR) is 90.1 cm³/mol. The van der Waals surface area contributed by atoms with Gasteiger partial charge in [-0.3, -0.25) is 4.79 Å². The number of para-hydroxylation sites is 1. The van der Waals surface area contributed by atoms with Crippen LogP contribution in [-0.4, -0.2) is 46.9 Å². The van der Waals surface area contributed by atoms with Gasteiger partial charge in [-0.2, -0.15) is 0 Å². The minimum Gasteiger partial charge on any atom is -0.347 e. The molecule has 0 saturated carbocycles. The maximum atomic E-state index is 12.4. The molecule has 0 aliphatic carbocycles. The van der Waals surface area contributed by atoms with Crippen molar-refractivity contribution >= 4 is 15.7 Å². The Kier molecular flexibility index (Phi) is 4.16. The van der Waals surface area contributed by atoms with Crippen molar-refractivity contribution in [3.63, 3.8) is 0 Å². The van der Waals surface area contributed by atoms with Gasteiger partial charge in [0.25, 0.3) is 5.91 Å². The molecule has 1 aromatic carbocycles. The molecule has 1 aromatic heterocycles. The number of hydrogen-bond acceptors (Lipinski definition) is 5. The van der Waals surface area contributed by atoms with Crippen LogP contribution in [-0.2, 0) is 9.84 Å². The zero-order valence-electron chi connectivity index (χ0n) is 13.9. The summed E-state index contributed by atoms with van der Waals surface area (Å²) >= 11 is 0. The average molecular weight is 348 g/mol. The van der Waals surface area contributed by atoms with E-state index in [0.717, 1.165) is 16.8 Å². The second-order valence-corrected chi connectivity index (χ2v) is 8.48. The number of hydrogen-bond donors (Lipinski definition) is 1. The Bertz CT molecular complexity index is 882. The summed E-state index contributed by atoms with van der Waals surface area (Å²) in [5, 5.41) is 10.9. The number of benzene rings is 1. The van der Waals surface area contributed by atoms with Gasteiger partial charge in [0.15, 0.2) is 15.5 Å². The Balaban J connectivity index is 1.86. The number of rotatable bonds is 3. The number of sulfone groups is 1. The third-order valence-electron chi connectivity index (χ3n) is 4.33. The van der Waals surface area contributed by atoms with Gasteiger partial charge in [-0.25, -0.2) is 13.1 Å². The molecule has 0 bridgehead atoms. The molecular formula is C16H20N4O3S. The Labute approximate surface area is 141 Å². The number of aryl methyl sites for hydroxylation is 2. The smallest absolute Gasteiger partial charge is 0.274 e. The first-order chi connectivity index (χ1) is 11.3. The number of aromatic nitrogens is 3. The van der Waals surface area contributed by atoms with Crippen LogP contribution in [0.3, 0.4) is 0 Å². The molecule has 128 valence electrons. The van der Waals surface area contributed by atoms with Crippen molar-refractivity contribution in [3.8, 4) is 5.69 Å². The van der Waals surface area contributed by atoms with Crippen LogP contribution >= 0.6 is 0 Å². The molecule has 1 saturated heterocycles. The van der Waals surface area contributed by atoms with E-state index < -0.39 is 9.84 Å². The molecule has 1 N–H and O–H groups in total. The number of nitrogens with zero attached hydrogens (tertiary/aromatic N) is 3. The topological polar surface area (TPSA) is 93.9 Å². The highest BCUT2D eigenvalue weighted by Crippen LogP contribution is 2.20. The Morgan fingerprint density at radius 2 is 1.92 bits per heavy atom. The van der Waals surface area contributed by atoms with Gasteiger partial charge in [-0.15, -0.1) is 5.10 Å². The summed E-state index contributed by atoms with van der Waals surface area (Å²) in [5.41, 5.74) is 3.84. The molecule has 0 spiro atoms. The molecular weight excluding hydrogens is 328 g/mol.